The minimum absolute atomic E-state index is 0.575. The van der Waals surface area contributed by atoms with Crippen molar-refractivity contribution in [3.8, 4) is 39.1 Å². The molecule has 14 rings (SSSR count). The van der Waals surface area contributed by atoms with E-state index in [0.29, 0.717) is 0 Å². The van der Waals surface area contributed by atoms with Crippen molar-refractivity contribution in [2.45, 2.75) is 15.2 Å². The molecule has 12 aromatic rings. The number of hydrogen-bond donors (Lipinski definition) is 0. The SMILES string of the molecule is c1ccc(-c2cccc([Si](c3cccc(-c4ccccc4)c3)(c3cccc(-c4ccccc4)c3)c3ccc4c(c3)-n3c5ccccc5c5cccc(c53)C43c4ccccc4Sc4ccccc43)c2)cc1. The van der Waals surface area contributed by atoms with Gasteiger partial charge in [0.2, 0.25) is 0 Å². The van der Waals surface area contributed by atoms with Crippen molar-refractivity contribution in [2.75, 3.05) is 0 Å². The third-order valence-electron chi connectivity index (χ3n) is 15.2. The lowest BCUT2D eigenvalue weighted by Gasteiger charge is -2.46. The van der Waals surface area contributed by atoms with Crippen molar-refractivity contribution in [3.63, 3.8) is 0 Å². The summed E-state index contributed by atoms with van der Waals surface area (Å²) in [5.74, 6) is 0. The highest BCUT2D eigenvalue weighted by molar-refractivity contribution is 7.99. The van der Waals surface area contributed by atoms with Gasteiger partial charge >= 0.3 is 0 Å². The molecule has 3 heterocycles. The minimum Gasteiger partial charge on any atom is -0.309 e. The van der Waals surface area contributed by atoms with E-state index in [1.54, 1.807) is 0 Å². The van der Waals surface area contributed by atoms with Crippen molar-refractivity contribution in [2.24, 2.45) is 0 Å². The molecule has 0 radical (unpaired) electrons. The molecular weight excluding hydrogens is 879 g/mol. The zero-order chi connectivity index (χ0) is 46.2. The molecule has 11 aromatic carbocycles. The number of benzene rings is 11. The van der Waals surface area contributed by atoms with Gasteiger partial charge in [0.05, 0.1) is 22.1 Å². The average Bonchev–Trinajstić information content (AvgIpc) is 3.79. The van der Waals surface area contributed by atoms with E-state index in [0.717, 1.165) is 0 Å². The Balaban J connectivity index is 1.16. The monoisotopic (exact) mass is 923 g/mol. The van der Waals surface area contributed by atoms with E-state index in [9.17, 15) is 0 Å². The second-order valence-corrected chi connectivity index (χ2v) is 23.6. The lowest BCUT2D eigenvalue weighted by molar-refractivity contribution is 0.690. The summed E-state index contributed by atoms with van der Waals surface area (Å²) in [6, 6.07) is 103. The highest BCUT2D eigenvalue weighted by Crippen LogP contribution is 2.60. The van der Waals surface area contributed by atoms with Crippen molar-refractivity contribution in [1.82, 2.24) is 4.57 Å². The molecule has 0 atom stereocenters. The zero-order valence-electron chi connectivity index (χ0n) is 38.3. The fraction of sp³-hybridized carbons (Fsp3) is 0.0149. The molecule has 3 heteroatoms. The van der Waals surface area contributed by atoms with Crippen LogP contribution in [0, 0.1) is 0 Å². The Hall–Kier alpha value is -8.21. The van der Waals surface area contributed by atoms with Crippen LogP contribution in [0.5, 0.6) is 0 Å². The molecule has 328 valence electrons. The lowest BCUT2D eigenvalue weighted by Crippen LogP contribution is -2.75. The molecule has 0 saturated heterocycles. The van der Waals surface area contributed by atoms with Crippen LogP contribution in [0.2, 0.25) is 0 Å². The topological polar surface area (TPSA) is 4.93 Å². The first-order chi connectivity index (χ1) is 34.7. The summed E-state index contributed by atoms with van der Waals surface area (Å²) in [6.07, 6.45) is 0. The number of hydrogen-bond acceptors (Lipinski definition) is 1. The van der Waals surface area contributed by atoms with Crippen molar-refractivity contribution in [1.29, 1.82) is 0 Å². The predicted octanol–water partition coefficient (Wildman–Crippen LogP) is 14.3. The van der Waals surface area contributed by atoms with E-state index in [4.69, 9.17) is 0 Å². The Morgan fingerprint density at radius 1 is 0.300 bits per heavy atom. The molecule has 1 aromatic heterocycles. The van der Waals surface area contributed by atoms with E-state index >= 15 is 0 Å². The van der Waals surface area contributed by atoms with Crippen LogP contribution in [0.3, 0.4) is 0 Å². The Bertz CT molecular complexity index is 3740. The third kappa shape index (κ3) is 5.99. The molecule has 0 bridgehead atoms. The highest BCUT2D eigenvalue weighted by atomic mass is 32.2. The Morgan fingerprint density at radius 2 is 0.714 bits per heavy atom. The molecule has 0 amide bonds. The second-order valence-electron chi connectivity index (χ2n) is 18.7. The summed E-state index contributed by atoms with van der Waals surface area (Å²) in [5.41, 5.74) is 15.7. The molecule has 70 heavy (non-hydrogen) atoms. The fourth-order valence-electron chi connectivity index (χ4n) is 12.2. The maximum Gasteiger partial charge on any atom is 0.179 e. The van der Waals surface area contributed by atoms with Gasteiger partial charge in [-0.1, -0.05) is 260 Å². The number of rotatable bonds is 7. The largest absolute Gasteiger partial charge is 0.309 e. The van der Waals surface area contributed by atoms with Crippen LogP contribution in [0.25, 0.3) is 60.9 Å². The van der Waals surface area contributed by atoms with E-state index in [1.807, 2.05) is 11.8 Å². The van der Waals surface area contributed by atoms with Crippen LogP contribution in [0.15, 0.2) is 283 Å². The Kier molecular flexibility index (Phi) is 9.45. The first-order valence-corrected chi connectivity index (χ1v) is 27.1. The van der Waals surface area contributed by atoms with E-state index < -0.39 is 13.5 Å². The molecule has 2 aliphatic rings. The molecule has 0 saturated carbocycles. The van der Waals surface area contributed by atoms with Gasteiger partial charge in [-0.2, -0.15) is 0 Å². The highest BCUT2D eigenvalue weighted by Gasteiger charge is 2.51. The number of para-hydroxylation sites is 2. The minimum atomic E-state index is -3.30. The Labute approximate surface area is 414 Å². The van der Waals surface area contributed by atoms with Crippen LogP contribution in [0.4, 0.5) is 0 Å². The quantitative estimate of drug-likeness (QED) is 0.114. The number of fused-ring (bicyclic) bond motifs is 11. The van der Waals surface area contributed by atoms with Crippen LogP contribution < -0.4 is 20.7 Å². The predicted molar refractivity (Wildman–Crippen MR) is 297 cm³/mol. The lowest BCUT2D eigenvalue weighted by atomic mass is 9.63. The van der Waals surface area contributed by atoms with E-state index in [1.165, 1.54) is 114 Å². The van der Waals surface area contributed by atoms with Crippen molar-refractivity contribution in [3.05, 3.63) is 295 Å². The first-order valence-electron chi connectivity index (χ1n) is 24.2. The molecular formula is C67H45NSSi. The van der Waals surface area contributed by atoms with Gasteiger partial charge in [-0.3, -0.25) is 0 Å². The van der Waals surface area contributed by atoms with Gasteiger partial charge in [-0.25, -0.2) is 0 Å². The summed E-state index contributed by atoms with van der Waals surface area (Å²) in [4.78, 5) is 2.60. The van der Waals surface area contributed by atoms with Gasteiger partial charge in [-0.15, -0.1) is 0 Å². The summed E-state index contributed by atoms with van der Waals surface area (Å²) < 4.78 is 2.62. The first kappa shape index (κ1) is 40.8. The maximum atomic E-state index is 2.64. The van der Waals surface area contributed by atoms with Gasteiger partial charge in [0.1, 0.15) is 0 Å². The van der Waals surface area contributed by atoms with E-state index in [2.05, 4.69) is 278 Å². The summed E-state index contributed by atoms with van der Waals surface area (Å²) in [6.45, 7) is 0. The standard InChI is InChI=1S/C67H45NSSi/c1-4-20-46(21-5-1)49-26-16-29-52(42-49)70(53-30-17-27-50(43-53)47-22-6-2-7-23-47,54-31-18-28-51(44-54)48-24-8-3-9-25-48)55-40-41-58-63(45-55)68-62-37-13-10-32-56(62)57-33-19-36-61(66(57)68)67(58)59-34-11-14-38-64(59)69-65-39-15-12-35-60(65)67/h1-45H. The third-order valence-corrected chi connectivity index (χ3v) is 21.0. The second kappa shape index (κ2) is 16.2. The molecule has 2 aliphatic heterocycles. The molecule has 0 fully saturated rings. The maximum absolute atomic E-state index is 3.30. The van der Waals surface area contributed by atoms with Crippen molar-refractivity contribution >= 4 is 62.4 Å². The number of nitrogens with zero attached hydrogens (tertiary/aromatic N) is 1. The van der Waals surface area contributed by atoms with Gasteiger partial charge in [0, 0.05) is 20.6 Å². The normalized spacial score (nSPS) is 13.2. The van der Waals surface area contributed by atoms with E-state index in [-0.39, 0.29) is 0 Å². The molecule has 0 aliphatic carbocycles. The molecule has 0 N–H and O–H groups in total. The molecule has 1 spiro atoms. The number of aromatic nitrogens is 1. The van der Waals surface area contributed by atoms with Crippen LogP contribution in [-0.4, -0.2) is 12.6 Å². The van der Waals surface area contributed by atoms with Gasteiger partial charge in [-0.05, 0) is 101 Å². The summed E-state index contributed by atoms with van der Waals surface area (Å²) >= 11 is 1.90. The van der Waals surface area contributed by atoms with Crippen LogP contribution in [-0.2, 0) is 5.41 Å². The molecule has 1 nitrogen and oxygen atoms in total. The van der Waals surface area contributed by atoms with Gasteiger partial charge in [0.25, 0.3) is 0 Å². The smallest absolute Gasteiger partial charge is 0.179 e. The van der Waals surface area contributed by atoms with Crippen LogP contribution >= 0.6 is 11.8 Å². The van der Waals surface area contributed by atoms with Crippen LogP contribution in [0.1, 0.15) is 22.3 Å². The van der Waals surface area contributed by atoms with Gasteiger partial charge < -0.3 is 4.57 Å². The summed E-state index contributed by atoms with van der Waals surface area (Å²) in [7, 11) is -3.30. The van der Waals surface area contributed by atoms with Crippen molar-refractivity contribution < 1.29 is 0 Å². The average molecular weight is 924 g/mol. The zero-order valence-corrected chi connectivity index (χ0v) is 40.2. The van der Waals surface area contributed by atoms with Gasteiger partial charge in [0.15, 0.2) is 8.07 Å². The Morgan fingerprint density at radius 3 is 1.26 bits per heavy atom. The summed E-state index contributed by atoms with van der Waals surface area (Å²) in [5, 5.41) is 7.89. The fourth-order valence-corrected chi connectivity index (χ4v) is 18.3. The molecule has 0 unspecified atom stereocenters.